The van der Waals surface area contributed by atoms with E-state index in [-0.39, 0.29) is 25.5 Å². The minimum Gasteiger partial charge on any atom is -0.480 e. The summed E-state index contributed by atoms with van der Waals surface area (Å²) in [5.41, 5.74) is 5.31. The first-order valence-corrected chi connectivity index (χ1v) is 10.8. The molecule has 1 aromatic heterocycles. The van der Waals surface area contributed by atoms with Crippen molar-refractivity contribution in [3.05, 3.63) is 92.8 Å². The normalized spacial score (nSPS) is 15.1. The Morgan fingerprint density at radius 1 is 1.17 bits per heavy atom. The molecule has 2 aromatic carbocycles. The highest BCUT2D eigenvalue weighted by atomic mass is 19.1. The third-order valence-corrected chi connectivity index (χ3v) is 5.27. The Hall–Kier alpha value is -4.45. The molecule has 12 heteroatoms. The van der Waals surface area contributed by atoms with Crippen LogP contribution in [0.15, 0.2) is 70.1 Å². The highest BCUT2D eigenvalue weighted by Gasteiger charge is 2.20. The van der Waals surface area contributed by atoms with E-state index in [2.05, 4.69) is 21.2 Å². The maximum Gasteiger partial charge on any atom is 0.354 e. The standard InChI is InChI=1S/C23H23FN6O5/c1-2-29-22(33)26-21(30(23(29)34)13-14-3-5-15(24)6-4-14)25-16-7-9-17(10-8-16)35-19-12-11-18(20(31)32)27-28-19/h3-10,12,18,27-28H,2,11,13H2,1H3,(H,31,32)(H,25,26,33). The summed E-state index contributed by atoms with van der Waals surface area (Å²) in [5, 5.41) is 12.0. The number of carboxylic acid groups (broad SMARTS) is 1. The van der Waals surface area contributed by atoms with E-state index in [1.165, 1.54) is 16.7 Å². The van der Waals surface area contributed by atoms with Crippen LogP contribution in [0.2, 0.25) is 0 Å². The molecule has 0 fully saturated rings. The van der Waals surface area contributed by atoms with E-state index in [4.69, 9.17) is 9.84 Å². The van der Waals surface area contributed by atoms with Crippen molar-refractivity contribution in [2.45, 2.75) is 32.5 Å². The van der Waals surface area contributed by atoms with Gasteiger partial charge in [-0.2, -0.15) is 4.98 Å². The molecular weight excluding hydrogens is 459 g/mol. The first-order valence-electron chi connectivity index (χ1n) is 10.8. The third-order valence-electron chi connectivity index (χ3n) is 5.27. The van der Waals surface area contributed by atoms with E-state index < -0.39 is 29.2 Å². The van der Waals surface area contributed by atoms with Crippen LogP contribution in [-0.2, 0) is 17.9 Å². The highest BCUT2D eigenvalue weighted by molar-refractivity contribution is 5.73. The van der Waals surface area contributed by atoms with E-state index in [1.807, 2.05) is 0 Å². The molecule has 35 heavy (non-hydrogen) atoms. The Balaban J connectivity index is 1.54. The van der Waals surface area contributed by atoms with Gasteiger partial charge in [0.15, 0.2) is 0 Å². The molecule has 1 aliphatic rings. The minimum atomic E-state index is -0.971. The Kier molecular flexibility index (Phi) is 6.92. The molecule has 4 rings (SSSR count). The van der Waals surface area contributed by atoms with Gasteiger partial charge in [-0.3, -0.25) is 14.8 Å². The van der Waals surface area contributed by atoms with Crippen molar-refractivity contribution in [2.24, 2.45) is 0 Å². The maximum absolute atomic E-state index is 13.3. The van der Waals surface area contributed by atoms with Gasteiger partial charge in [-0.25, -0.2) is 24.0 Å². The Labute approximate surface area is 198 Å². The molecule has 0 saturated carbocycles. The largest absolute Gasteiger partial charge is 0.480 e. The zero-order valence-corrected chi connectivity index (χ0v) is 18.7. The van der Waals surface area contributed by atoms with Crippen LogP contribution < -0.4 is 32.3 Å². The van der Waals surface area contributed by atoms with E-state index in [9.17, 15) is 18.8 Å². The summed E-state index contributed by atoms with van der Waals surface area (Å²) >= 11 is 0. The van der Waals surface area contributed by atoms with Crippen molar-refractivity contribution in [1.29, 1.82) is 0 Å². The summed E-state index contributed by atoms with van der Waals surface area (Å²) in [6.45, 7) is 1.92. The SMILES string of the molecule is CCn1c(=O)nc(Nc2ccc(OC3=CCC(C(=O)O)NN3)cc2)n(Cc2ccc(F)cc2)c1=O. The number of carbonyl (C=O) groups is 1. The van der Waals surface area contributed by atoms with Crippen molar-refractivity contribution in [1.82, 2.24) is 25.0 Å². The fraction of sp³-hybridized carbons (Fsp3) is 0.217. The second kappa shape index (κ2) is 10.2. The summed E-state index contributed by atoms with van der Waals surface area (Å²) in [6.07, 6.45) is 1.89. The zero-order valence-electron chi connectivity index (χ0n) is 18.7. The van der Waals surface area contributed by atoms with Crippen LogP contribution in [0.5, 0.6) is 5.75 Å². The van der Waals surface area contributed by atoms with Gasteiger partial charge >= 0.3 is 17.3 Å². The molecule has 0 aliphatic carbocycles. The predicted octanol–water partition coefficient (Wildman–Crippen LogP) is 1.53. The number of aliphatic carboxylic acids is 1. The molecular formula is C23H23FN6O5. The van der Waals surface area contributed by atoms with E-state index in [0.717, 1.165) is 4.57 Å². The number of benzene rings is 2. The predicted molar refractivity (Wildman–Crippen MR) is 125 cm³/mol. The van der Waals surface area contributed by atoms with E-state index in [0.29, 0.717) is 22.9 Å². The molecule has 0 saturated heterocycles. The number of hydrogen-bond acceptors (Lipinski definition) is 8. The summed E-state index contributed by atoms with van der Waals surface area (Å²) in [5.74, 6) is -0.483. The number of anilines is 2. The lowest BCUT2D eigenvalue weighted by atomic mass is 10.2. The molecule has 0 spiro atoms. The van der Waals surface area contributed by atoms with Crippen LogP contribution in [0.3, 0.4) is 0 Å². The van der Waals surface area contributed by atoms with Crippen LogP contribution in [0, 0.1) is 5.82 Å². The van der Waals surface area contributed by atoms with Gasteiger partial charge < -0.3 is 15.2 Å². The summed E-state index contributed by atoms with van der Waals surface area (Å²) in [6, 6.07) is 11.6. The van der Waals surface area contributed by atoms with Gasteiger partial charge in [-0.15, -0.1) is 0 Å². The Morgan fingerprint density at radius 3 is 2.49 bits per heavy atom. The lowest BCUT2D eigenvalue weighted by molar-refractivity contribution is -0.139. The topological polar surface area (TPSA) is 140 Å². The minimum absolute atomic E-state index is 0.0447. The fourth-order valence-electron chi connectivity index (χ4n) is 3.40. The van der Waals surface area contributed by atoms with Crippen molar-refractivity contribution in [2.75, 3.05) is 5.32 Å². The van der Waals surface area contributed by atoms with Crippen molar-refractivity contribution in [3.8, 4) is 5.75 Å². The average Bonchev–Trinajstić information content (AvgIpc) is 2.84. The van der Waals surface area contributed by atoms with Crippen LogP contribution in [-0.4, -0.2) is 31.2 Å². The zero-order chi connectivity index (χ0) is 24.9. The van der Waals surface area contributed by atoms with Crippen LogP contribution in [0.4, 0.5) is 16.0 Å². The van der Waals surface area contributed by atoms with Crippen molar-refractivity contribution < 1.29 is 19.0 Å². The monoisotopic (exact) mass is 482 g/mol. The maximum atomic E-state index is 13.3. The molecule has 0 radical (unpaired) electrons. The molecule has 3 aromatic rings. The molecule has 4 N–H and O–H groups in total. The molecule has 11 nitrogen and oxygen atoms in total. The second-order valence-corrected chi connectivity index (χ2v) is 7.67. The van der Waals surface area contributed by atoms with Gasteiger partial charge in [0.25, 0.3) is 0 Å². The molecule has 0 amide bonds. The number of carboxylic acids is 1. The Bertz CT molecular complexity index is 1370. The molecule has 1 aliphatic heterocycles. The Morgan fingerprint density at radius 2 is 1.89 bits per heavy atom. The van der Waals surface area contributed by atoms with Gasteiger partial charge in [0.1, 0.15) is 17.6 Å². The average molecular weight is 482 g/mol. The number of ether oxygens (including phenoxy) is 1. The molecule has 1 unspecified atom stereocenters. The van der Waals surface area contributed by atoms with Gasteiger partial charge in [0, 0.05) is 12.2 Å². The molecule has 182 valence electrons. The van der Waals surface area contributed by atoms with Gasteiger partial charge in [-0.05, 0) is 61.4 Å². The summed E-state index contributed by atoms with van der Waals surface area (Å²) < 4.78 is 21.3. The van der Waals surface area contributed by atoms with Gasteiger partial charge in [0.2, 0.25) is 11.8 Å². The summed E-state index contributed by atoms with van der Waals surface area (Å²) in [7, 11) is 0. The van der Waals surface area contributed by atoms with Crippen molar-refractivity contribution >= 4 is 17.6 Å². The first kappa shape index (κ1) is 23.7. The highest BCUT2D eigenvalue weighted by Crippen LogP contribution is 2.20. The smallest absolute Gasteiger partial charge is 0.354 e. The number of hydrazine groups is 1. The number of aromatic nitrogens is 3. The fourth-order valence-corrected chi connectivity index (χ4v) is 3.40. The second-order valence-electron chi connectivity index (χ2n) is 7.67. The van der Waals surface area contributed by atoms with Gasteiger partial charge in [0.05, 0.1) is 6.54 Å². The lowest BCUT2D eigenvalue weighted by Gasteiger charge is -2.22. The molecule has 2 heterocycles. The number of hydrogen-bond donors (Lipinski definition) is 4. The number of nitrogens with zero attached hydrogens (tertiary/aromatic N) is 3. The molecule has 0 bridgehead atoms. The van der Waals surface area contributed by atoms with Gasteiger partial charge in [-0.1, -0.05) is 12.1 Å². The quantitative estimate of drug-likeness (QED) is 0.376. The molecule has 1 atom stereocenters. The summed E-state index contributed by atoms with van der Waals surface area (Å²) in [4.78, 5) is 40.3. The van der Waals surface area contributed by atoms with Crippen LogP contribution in [0.25, 0.3) is 0 Å². The number of halogens is 1. The first-order chi connectivity index (χ1) is 16.8. The number of rotatable bonds is 8. The van der Waals surface area contributed by atoms with Crippen LogP contribution in [0.1, 0.15) is 18.9 Å². The third kappa shape index (κ3) is 5.55. The van der Waals surface area contributed by atoms with E-state index >= 15 is 0 Å². The number of nitrogens with one attached hydrogen (secondary N) is 3. The van der Waals surface area contributed by atoms with Crippen LogP contribution >= 0.6 is 0 Å². The van der Waals surface area contributed by atoms with Crippen molar-refractivity contribution in [3.63, 3.8) is 0 Å². The lowest BCUT2D eigenvalue weighted by Crippen LogP contribution is -2.48. The van der Waals surface area contributed by atoms with E-state index in [1.54, 1.807) is 49.4 Å².